The quantitative estimate of drug-likeness (QED) is 0.674. The van der Waals surface area contributed by atoms with E-state index in [1.54, 1.807) is 42.5 Å². The second-order valence-electron chi connectivity index (χ2n) is 5.43. The van der Waals surface area contributed by atoms with Crippen LogP contribution in [-0.4, -0.2) is 29.4 Å². The molecule has 1 amide bonds. The SMILES string of the molecule is CC(C)Oc1ccccc1C(=O)NCc1ccc(OB(O)O)cc1. The molecule has 7 heteroatoms. The molecule has 0 aliphatic carbocycles. The number of hydrogen-bond acceptors (Lipinski definition) is 5. The molecule has 0 radical (unpaired) electrons. The van der Waals surface area contributed by atoms with Crippen LogP contribution in [-0.2, 0) is 6.54 Å². The summed E-state index contributed by atoms with van der Waals surface area (Å²) in [5.74, 6) is 0.652. The van der Waals surface area contributed by atoms with Crippen LogP contribution in [0.5, 0.6) is 11.5 Å². The molecule has 0 aromatic heterocycles. The van der Waals surface area contributed by atoms with Crippen LogP contribution < -0.4 is 14.7 Å². The van der Waals surface area contributed by atoms with Crippen molar-refractivity contribution in [1.82, 2.24) is 5.32 Å². The third-order valence-corrected chi connectivity index (χ3v) is 3.11. The van der Waals surface area contributed by atoms with Crippen molar-refractivity contribution in [2.75, 3.05) is 0 Å². The van der Waals surface area contributed by atoms with Crippen LogP contribution in [0.15, 0.2) is 48.5 Å². The van der Waals surface area contributed by atoms with E-state index in [1.165, 1.54) is 0 Å². The molecule has 3 N–H and O–H groups in total. The predicted molar refractivity (Wildman–Crippen MR) is 90.6 cm³/mol. The normalized spacial score (nSPS) is 10.4. The Labute approximate surface area is 141 Å². The molecular formula is C17H20BNO5. The fourth-order valence-electron chi connectivity index (χ4n) is 2.10. The summed E-state index contributed by atoms with van der Waals surface area (Å²) < 4.78 is 10.4. The van der Waals surface area contributed by atoms with Crippen molar-refractivity contribution in [3.05, 3.63) is 59.7 Å². The highest BCUT2D eigenvalue weighted by molar-refractivity contribution is 6.33. The zero-order valence-electron chi connectivity index (χ0n) is 13.6. The van der Waals surface area contributed by atoms with Gasteiger partial charge in [-0.05, 0) is 43.7 Å². The zero-order valence-corrected chi connectivity index (χ0v) is 13.6. The monoisotopic (exact) mass is 329 g/mol. The van der Waals surface area contributed by atoms with Gasteiger partial charge in [0, 0.05) is 6.54 Å². The second-order valence-corrected chi connectivity index (χ2v) is 5.43. The van der Waals surface area contributed by atoms with Gasteiger partial charge >= 0.3 is 7.32 Å². The molecule has 0 atom stereocenters. The van der Waals surface area contributed by atoms with E-state index in [9.17, 15) is 4.79 Å². The Morgan fingerprint density at radius 1 is 1.12 bits per heavy atom. The van der Waals surface area contributed by atoms with E-state index in [1.807, 2.05) is 19.9 Å². The molecular weight excluding hydrogens is 309 g/mol. The fourth-order valence-corrected chi connectivity index (χ4v) is 2.10. The lowest BCUT2D eigenvalue weighted by Crippen LogP contribution is -2.24. The van der Waals surface area contributed by atoms with Crippen molar-refractivity contribution < 1.29 is 24.2 Å². The van der Waals surface area contributed by atoms with Gasteiger partial charge in [0.15, 0.2) is 0 Å². The minimum atomic E-state index is -1.85. The summed E-state index contributed by atoms with van der Waals surface area (Å²) in [6, 6.07) is 13.7. The average Bonchev–Trinajstić information content (AvgIpc) is 2.53. The van der Waals surface area contributed by atoms with E-state index in [0.29, 0.717) is 23.6 Å². The predicted octanol–water partition coefficient (Wildman–Crippen LogP) is 1.75. The minimum absolute atomic E-state index is 0.0200. The topological polar surface area (TPSA) is 88.0 Å². The van der Waals surface area contributed by atoms with Gasteiger partial charge < -0.3 is 24.8 Å². The number of ether oxygens (including phenoxy) is 1. The van der Waals surface area contributed by atoms with E-state index < -0.39 is 7.32 Å². The highest BCUT2D eigenvalue weighted by atomic mass is 16.6. The highest BCUT2D eigenvalue weighted by Gasteiger charge is 2.13. The maximum absolute atomic E-state index is 12.4. The highest BCUT2D eigenvalue weighted by Crippen LogP contribution is 2.19. The Kier molecular flexibility index (Phi) is 6.23. The number of para-hydroxylation sites is 1. The molecule has 2 aromatic carbocycles. The van der Waals surface area contributed by atoms with Gasteiger partial charge in [0.25, 0.3) is 5.91 Å². The second kappa shape index (κ2) is 8.38. The summed E-state index contributed by atoms with van der Waals surface area (Å²) in [6.45, 7) is 4.14. The number of hydrogen-bond donors (Lipinski definition) is 3. The van der Waals surface area contributed by atoms with Crippen molar-refractivity contribution in [1.29, 1.82) is 0 Å². The van der Waals surface area contributed by atoms with Gasteiger partial charge in [-0.3, -0.25) is 4.79 Å². The Morgan fingerprint density at radius 2 is 1.79 bits per heavy atom. The molecule has 0 heterocycles. The molecule has 0 spiro atoms. The molecule has 2 rings (SSSR count). The maximum Gasteiger partial charge on any atom is 0.707 e. The minimum Gasteiger partial charge on any atom is -0.512 e. The largest absolute Gasteiger partial charge is 0.707 e. The first-order valence-electron chi connectivity index (χ1n) is 7.61. The van der Waals surface area contributed by atoms with Gasteiger partial charge in [0.05, 0.1) is 11.7 Å². The summed E-state index contributed by atoms with van der Waals surface area (Å²) in [5.41, 5.74) is 1.33. The first kappa shape index (κ1) is 17.8. The van der Waals surface area contributed by atoms with Crippen molar-refractivity contribution in [2.24, 2.45) is 0 Å². The fraction of sp³-hybridized carbons (Fsp3) is 0.235. The summed E-state index contributed by atoms with van der Waals surface area (Å²) in [6.07, 6.45) is -0.0200. The van der Waals surface area contributed by atoms with Crippen molar-refractivity contribution in [3.63, 3.8) is 0 Å². The van der Waals surface area contributed by atoms with Gasteiger partial charge in [-0.2, -0.15) is 0 Å². The molecule has 0 aliphatic heterocycles. The number of carbonyl (C=O) groups excluding carboxylic acids is 1. The molecule has 24 heavy (non-hydrogen) atoms. The van der Waals surface area contributed by atoms with Crippen LogP contribution in [0.3, 0.4) is 0 Å². The van der Waals surface area contributed by atoms with E-state index in [-0.39, 0.29) is 12.0 Å². The standard InChI is InChI=1S/C17H20BNO5/c1-12(2)23-16-6-4-3-5-15(16)17(20)19-11-13-7-9-14(10-8-13)24-18(21)22/h3-10,12,21-22H,11H2,1-2H3,(H,19,20). The van der Waals surface area contributed by atoms with Gasteiger partial charge in [-0.25, -0.2) is 0 Å². The molecule has 0 bridgehead atoms. The molecule has 0 aliphatic rings. The molecule has 0 saturated heterocycles. The van der Waals surface area contributed by atoms with E-state index in [4.69, 9.17) is 19.4 Å². The molecule has 0 saturated carbocycles. The van der Waals surface area contributed by atoms with Gasteiger partial charge in [-0.1, -0.05) is 24.3 Å². The summed E-state index contributed by atoms with van der Waals surface area (Å²) in [5, 5.41) is 20.3. The number of benzene rings is 2. The molecule has 0 unspecified atom stereocenters. The number of rotatable bonds is 7. The number of carbonyl (C=O) groups is 1. The van der Waals surface area contributed by atoms with E-state index in [2.05, 4.69) is 5.32 Å². The molecule has 0 fully saturated rings. The Balaban J connectivity index is 1.98. The van der Waals surface area contributed by atoms with Crippen molar-refractivity contribution in [2.45, 2.75) is 26.5 Å². The Morgan fingerprint density at radius 3 is 2.42 bits per heavy atom. The van der Waals surface area contributed by atoms with E-state index >= 15 is 0 Å². The van der Waals surface area contributed by atoms with Gasteiger partial charge in [0.2, 0.25) is 0 Å². The van der Waals surface area contributed by atoms with Gasteiger partial charge in [0.1, 0.15) is 11.5 Å². The summed E-state index contributed by atoms with van der Waals surface area (Å²) in [7, 11) is -1.85. The van der Waals surface area contributed by atoms with Crippen LogP contribution in [0.4, 0.5) is 0 Å². The smallest absolute Gasteiger partial charge is 0.512 e. The van der Waals surface area contributed by atoms with Crippen LogP contribution >= 0.6 is 0 Å². The van der Waals surface area contributed by atoms with Crippen LogP contribution in [0, 0.1) is 0 Å². The summed E-state index contributed by atoms with van der Waals surface area (Å²) in [4.78, 5) is 12.4. The third kappa shape index (κ3) is 5.29. The molecule has 126 valence electrons. The molecule has 6 nitrogen and oxygen atoms in total. The van der Waals surface area contributed by atoms with Crippen LogP contribution in [0.2, 0.25) is 0 Å². The van der Waals surface area contributed by atoms with Crippen LogP contribution in [0.1, 0.15) is 29.8 Å². The number of nitrogens with one attached hydrogen (secondary N) is 1. The van der Waals surface area contributed by atoms with Crippen molar-refractivity contribution >= 4 is 13.2 Å². The zero-order chi connectivity index (χ0) is 17.5. The first-order valence-corrected chi connectivity index (χ1v) is 7.61. The van der Waals surface area contributed by atoms with Gasteiger partial charge in [-0.15, -0.1) is 0 Å². The third-order valence-electron chi connectivity index (χ3n) is 3.11. The summed E-state index contributed by atoms with van der Waals surface area (Å²) >= 11 is 0. The van der Waals surface area contributed by atoms with Crippen molar-refractivity contribution in [3.8, 4) is 11.5 Å². The maximum atomic E-state index is 12.4. The lowest BCUT2D eigenvalue weighted by molar-refractivity contribution is 0.0945. The van der Waals surface area contributed by atoms with E-state index in [0.717, 1.165) is 5.56 Å². The first-order chi connectivity index (χ1) is 11.5. The Hall–Kier alpha value is -2.51. The number of amides is 1. The van der Waals surface area contributed by atoms with Crippen LogP contribution in [0.25, 0.3) is 0 Å². The lowest BCUT2D eigenvalue weighted by atomic mass is 10.1. The molecule has 2 aromatic rings. The Bertz CT molecular complexity index is 673. The average molecular weight is 329 g/mol. The lowest BCUT2D eigenvalue weighted by Gasteiger charge is -2.14.